The Morgan fingerprint density at radius 2 is 2.17 bits per heavy atom. The monoisotopic (exact) mass is 335 g/mol. The van der Waals surface area contributed by atoms with Crippen LogP contribution < -0.4 is 4.74 Å². The molecule has 0 spiro atoms. The van der Waals surface area contributed by atoms with Gasteiger partial charge in [0.2, 0.25) is 0 Å². The van der Waals surface area contributed by atoms with Crippen molar-refractivity contribution in [3.63, 3.8) is 0 Å². The quantitative estimate of drug-likeness (QED) is 0.828. The third-order valence-electron chi connectivity index (χ3n) is 4.29. The summed E-state index contributed by atoms with van der Waals surface area (Å²) in [7, 11) is 1.49. The highest BCUT2D eigenvalue weighted by molar-refractivity contribution is 5.95. The highest BCUT2D eigenvalue weighted by Gasteiger charge is 2.44. The van der Waals surface area contributed by atoms with E-state index < -0.39 is 11.4 Å². The lowest BCUT2D eigenvalue weighted by atomic mass is 9.80. The largest absolute Gasteiger partial charge is 0.494 e. The van der Waals surface area contributed by atoms with Gasteiger partial charge in [-0.15, -0.1) is 0 Å². The number of piperidine rings is 1. The molecule has 1 aromatic carbocycles. The molecule has 1 fully saturated rings. The average molecular weight is 335 g/mol. The summed E-state index contributed by atoms with van der Waals surface area (Å²) in [5, 5.41) is 9.59. The molecular weight excluding hydrogens is 310 g/mol. The van der Waals surface area contributed by atoms with Gasteiger partial charge in [0.25, 0.3) is 5.91 Å². The summed E-state index contributed by atoms with van der Waals surface area (Å²) >= 11 is 0. The van der Waals surface area contributed by atoms with Crippen LogP contribution in [0.5, 0.6) is 5.75 Å². The van der Waals surface area contributed by atoms with Gasteiger partial charge in [0.15, 0.2) is 0 Å². The number of ether oxygens (including phenoxy) is 2. The van der Waals surface area contributed by atoms with Crippen molar-refractivity contribution in [3.05, 3.63) is 29.8 Å². The molecule has 1 aliphatic rings. The van der Waals surface area contributed by atoms with Gasteiger partial charge in [-0.1, -0.05) is 13.0 Å². The van der Waals surface area contributed by atoms with Crippen LogP contribution in [0.25, 0.3) is 0 Å². The number of likely N-dealkylation sites (tertiary alicyclic amines) is 1. The molecular formula is C18H25NO5. The van der Waals surface area contributed by atoms with Crippen LogP contribution in [0.4, 0.5) is 0 Å². The van der Waals surface area contributed by atoms with Crippen LogP contribution in [0.15, 0.2) is 24.3 Å². The number of benzene rings is 1. The van der Waals surface area contributed by atoms with E-state index in [4.69, 9.17) is 9.47 Å². The molecule has 0 bridgehead atoms. The molecule has 0 aliphatic carbocycles. The summed E-state index contributed by atoms with van der Waals surface area (Å²) < 4.78 is 10.7. The molecule has 1 aromatic rings. The molecule has 1 heterocycles. The van der Waals surface area contributed by atoms with E-state index in [1.807, 2.05) is 13.0 Å². The summed E-state index contributed by atoms with van der Waals surface area (Å²) in [4.78, 5) is 26.1. The van der Waals surface area contributed by atoms with E-state index in [-0.39, 0.29) is 19.1 Å². The van der Waals surface area contributed by atoms with Crippen molar-refractivity contribution in [1.82, 2.24) is 4.90 Å². The highest BCUT2D eigenvalue weighted by atomic mass is 16.5. The Labute approximate surface area is 142 Å². The number of carboxylic acid groups (broad SMARTS) is 1. The van der Waals surface area contributed by atoms with E-state index in [0.29, 0.717) is 37.3 Å². The minimum Gasteiger partial charge on any atom is -0.494 e. The smallest absolute Gasteiger partial charge is 0.313 e. The Morgan fingerprint density at radius 3 is 2.83 bits per heavy atom. The van der Waals surface area contributed by atoms with E-state index in [9.17, 15) is 14.7 Å². The summed E-state index contributed by atoms with van der Waals surface area (Å²) in [6.07, 6.45) is 2.05. The molecule has 6 heteroatoms. The maximum absolute atomic E-state index is 12.8. The van der Waals surface area contributed by atoms with E-state index >= 15 is 0 Å². The molecule has 1 unspecified atom stereocenters. The fourth-order valence-electron chi connectivity index (χ4n) is 3.06. The van der Waals surface area contributed by atoms with E-state index in [0.717, 1.165) is 6.42 Å². The summed E-state index contributed by atoms with van der Waals surface area (Å²) in [5.74, 6) is -0.429. The highest BCUT2D eigenvalue weighted by Crippen LogP contribution is 2.31. The second-order valence-corrected chi connectivity index (χ2v) is 6.23. The molecule has 2 rings (SSSR count). The number of carboxylic acids is 1. The van der Waals surface area contributed by atoms with Gasteiger partial charge < -0.3 is 19.5 Å². The third kappa shape index (κ3) is 4.06. The minimum atomic E-state index is -1.03. The van der Waals surface area contributed by atoms with Crippen molar-refractivity contribution in [2.24, 2.45) is 5.41 Å². The third-order valence-corrected chi connectivity index (χ3v) is 4.29. The number of hydrogen-bond donors (Lipinski definition) is 1. The molecule has 24 heavy (non-hydrogen) atoms. The Bertz CT molecular complexity index is 585. The molecule has 1 saturated heterocycles. The Hall–Kier alpha value is -2.08. The molecule has 0 radical (unpaired) electrons. The van der Waals surface area contributed by atoms with Crippen molar-refractivity contribution in [2.75, 3.05) is 33.4 Å². The van der Waals surface area contributed by atoms with Crippen LogP contribution in [0, 0.1) is 5.41 Å². The fraction of sp³-hybridized carbons (Fsp3) is 0.556. The predicted octanol–water partition coefficient (Wildman–Crippen LogP) is 2.43. The van der Waals surface area contributed by atoms with Crippen molar-refractivity contribution in [2.45, 2.75) is 26.2 Å². The Balaban J connectivity index is 2.15. The minimum absolute atomic E-state index is 0.103. The van der Waals surface area contributed by atoms with Gasteiger partial charge >= 0.3 is 5.97 Å². The molecule has 0 saturated carbocycles. The standard InChI is InChI=1S/C18H25NO5/c1-3-10-24-15-7-4-6-14(11-15)16(20)19-9-5-8-18(12-19,13-23-2)17(21)22/h4,6-7,11H,3,5,8-10,12-13H2,1-2H3,(H,21,22). The maximum atomic E-state index is 12.8. The molecule has 6 nitrogen and oxygen atoms in total. The number of carbonyl (C=O) groups is 2. The van der Waals surface area contributed by atoms with Gasteiger partial charge in [-0.2, -0.15) is 0 Å². The van der Waals surface area contributed by atoms with Gasteiger partial charge in [-0.05, 0) is 37.5 Å². The molecule has 1 N–H and O–H groups in total. The number of amides is 1. The summed E-state index contributed by atoms with van der Waals surface area (Å²) in [6.45, 7) is 3.43. The van der Waals surface area contributed by atoms with Crippen LogP contribution >= 0.6 is 0 Å². The lowest BCUT2D eigenvalue weighted by molar-refractivity contribution is -0.155. The number of rotatable bonds is 7. The SMILES string of the molecule is CCCOc1cccc(C(=O)N2CCCC(COC)(C(=O)O)C2)c1. The van der Waals surface area contributed by atoms with E-state index in [2.05, 4.69) is 0 Å². The predicted molar refractivity (Wildman–Crippen MR) is 89.3 cm³/mol. The zero-order chi connectivity index (χ0) is 17.6. The van der Waals surface area contributed by atoms with Gasteiger partial charge in [-0.25, -0.2) is 0 Å². The lowest BCUT2D eigenvalue weighted by Crippen LogP contribution is -2.52. The number of methoxy groups -OCH3 is 1. The Kier molecular flexibility index (Phi) is 6.20. The molecule has 132 valence electrons. The number of nitrogens with zero attached hydrogens (tertiary/aromatic N) is 1. The van der Waals surface area contributed by atoms with Crippen LogP contribution in [0.2, 0.25) is 0 Å². The first-order valence-corrected chi connectivity index (χ1v) is 8.27. The summed E-state index contributed by atoms with van der Waals surface area (Å²) in [5.41, 5.74) is -0.513. The van der Waals surface area contributed by atoms with Gasteiger partial charge in [0, 0.05) is 25.8 Å². The first-order valence-electron chi connectivity index (χ1n) is 8.27. The molecule has 1 atom stereocenters. The van der Waals surface area contributed by atoms with Crippen molar-refractivity contribution in [1.29, 1.82) is 0 Å². The second kappa shape index (κ2) is 8.15. The molecule has 0 aromatic heterocycles. The zero-order valence-corrected chi connectivity index (χ0v) is 14.3. The second-order valence-electron chi connectivity index (χ2n) is 6.23. The average Bonchev–Trinajstić information content (AvgIpc) is 2.60. The van der Waals surface area contributed by atoms with Crippen LogP contribution in [0.3, 0.4) is 0 Å². The van der Waals surface area contributed by atoms with Crippen LogP contribution in [-0.2, 0) is 9.53 Å². The molecule has 1 amide bonds. The van der Waals surface area contributed by atoms with E-state index in [1.165, 1.54) is 7.11 Å². The molecule has 1 aliphatic heterocycles. The number of aliphatic carboxylic acids is 1. The van der Waals surface area contributed by atoms with Crippen molar-refractivity contribution < 1.29 is 24.2 Å². The summed E-state index contributed by atoms with van der Waals surface area (Å²) in [6, 6.07) is 7.04. The topological polar surface area (TPSA) is 76.1 Å². The normalized spacial score (nSPS) is 20.7. The first kappa shape index (κ1) is 18.3. The van der Waals surface area contributed by atoms with Crippen LogP contribution in [0.1, 0.15) is 36.5 Å². The maximum Gasteiger partial charge on any atom is 0.313 e. The zero-order valence-electron chi connectivity index (χ0n) is 14.3. The van der Waals surface area contributed by atoms with Crippen molar-refractivity contribution in [3.8, 4) is 5.75 Å². The van der Waals surface area contributed by atoms with Gasteiger partial charge in [-0.3, -0.25) is 9.59 Å². The number of hydrogen-bond acceptors (Lipinski definition) is 4. The van der Waals surface area contributed by atoms with E-state index in [1.54, 1.807) is 23.1 Å². The van der Waals surface area contributed by atoms with Gasteiger partial charge in [0.1, 0.15) is 11.2 Å². The van der Waals surface area contributed by atoms with Gasteiger partial charge in [0.05, 0.1) is 13.2 Å². The first-order chi connectivity index (χ1) is 11.5. The fourth-order valence-corrected chi connectivity index (χ4v) is 3.06. The lowest BCUT2D eigenvalue weighted by Gasteiger charge is -2.39. The van der Waals surface area contributed by atoms with Crippen molar-refractivity contribution >= 4 is 11.9 Å². The Morgan fingerprint density at radius 1 is 1.38 bits per heavy atom. The number of carbonyl (C=O) groups excluding carboxylic acids is 1. The van der Waals surface area contributed by atoms with Crippen LogP contribution in [-0.4, -0.2) is 55.3 Å².